The van der Waals surface area contributed by atoms with Gasteiger partial charge in [-0.1, -0.05) is 0 Å². The molecule has 16 heavy (non-hydrogen) atoms. The van der Waals surface area contributed by atoms with Gasteiger partial charge in [0.15, 0.2) is 0 Å². The largest absolute Gasteiger partial charge is 0.424 e. The fourth-order valence-corrected chi connectivity index (χ4v) is 2.29. The first-order chi connectivity index (χ1) is 7.65. The van der Waals surface area contributed by atoms with Crippen LogP contribution in [0.2, 0.25) is 0 Å². The highest BCUT2D eigenvalue weighted by atomic mass is 16.4. The van der Waals surface area contributed by atoms with Gasteiger partial charge in [-0.2, -0.15) is 0 Å². The third-order valence-electron chi connectivity index (χ3n) is 3.32. The van der Waals surface area contributed by atoms with Gasteiger partial charge >= 0.3 is 0 Å². The minimum Gasteiger partial charge on any atom is -0.424 e. The van der Waals surface area contributed by atoms with Gasteiger partial charge in [0.2, 0.25) is 11.8 Å². The normalized spacial score (nSPS) is 26.2. The molecule has 1 fully saturated rings. The third-order valence-corrected chi connectivity index (χ3v) is 3.32. The second kappa shape index (κ2) is 4.93. The second-order valence-electron chi connectivity index (χ2n) is 4.70. The molecule has 1 aliphatic rings. The van der Waals surface area contributed by atoms with E-state index in [1.165, 1.54) is 12.8 Å². The van der Waals surface area contributed by atoms with E-state index in [0.29, 0.717) is 23.9 Å². The predicted octanol–water partition coefficient (Wildman–Crippen LogP) is 1.08. The number of nitrogens with two attached hydrogens (primary N) is 1. The molecule has 0 unspecified atom stereocenters. The van der Waals surface area contributed by atoms with Gasteiger partial charge in [-0.15, -0.1) is 10.2 Å². The monoisotopic (exact) mass is 224 g/mol. The van der Waals surface area contributed by atoms with E-state index in [1.54, 1.807) is 0 Å². The predicted molar refractivity (Wildman–Crippen MR) is 60.7 cm³/mol. The Morgan fingerprint density at radius 3 is 2.56 bits per heavy atom. The van der Waals surface area contributed by atoms with Crippen molar-refractivity contribution >= 4 is 0 Å². The summed E-state index contributed by atoms with van der Waals surface area (Å²) in [6, 6.07) is 1.00. The van der Waals surface area contributed by atoms with Gasteiger partial charge in [0.25, 0.3) is 0 Å². The fraction of sp³-hybridized carbons (Fsp3) is 0.818. The molecule has 0 amide bonds. The minimum atomic E-state index is 0.398. The van der Waals surface area contributed by atoms with Crippen molar-refractivity contribution in [3.05, 3.63) is 11.8 Å². The summed E-state index contributed by atoms with van der Waals surface area (Å²) in [5.74, 6) is 1.34. The van der Waals surface area contributed by atoms with E-state index in [9.17, 15) is 0 Å². The molecule has 0 aliphatic heterocycles. The summed E-state index contributed by atoms with van der Waals surface area (Å²) in [5, 5.41) is 7.85. The Kier molecular flexibility index (Phi) is 3.56. The molecule has 0 saturated heterocycles. The van der Waals surface area contributed by atoms with Gasteiger partial charge in [-0.05, 0) is 32.7 Å². The van der Waals surface area contributed by atoms with Crippen LogP contribution in [-0.2, 0) is 6.54 Å². The highest BCUT2D eigenvalue weighted by molar-refractivity contribution is 4.84. The van der Waals surface area contributed by atoms with E-state index in [-0.39, 0.29) is 0 Å². The summed E-state index contributed by atoms with van der Waals surface area (Å²) in [5.41, 5.74) is 5.89. The number of hydrogen-bond donors (Lipinski definition) is 1. The molecule has 0 radical (unpaired) electrons. The van der Waals surface area contributed by atoms with Crippen LogP contribution in [0.15, 0.2) is 4.42 Å². The maximum absolute atomic E-state index is 5.89. The fourth-order valence-electron chi connectivity index (χ4n) is 2.29. The molecule has 2 rings (SSSR count). The van der Waals surface area contributed by atoms with Crippen LogP contribution in [0.25, 0.3) is 0 Å². The number of aryl methyl sites for hydroxylation is 1. The first-order valence-electron chi connectivity index (χ1n) is 5.90. The van der Waals surface area contributed by atoms with Crippen LogP contribution in [0.1, 0.15) is 37.5 Å². The lowest BCUT2D eigenvalue weighted by molar-refractivity contribution is 0.162. The summed E-state index contributed by atoms with van der Waals surface area (Å²) in [6.45, 7) is 2.55. The maximum Gasteiger partial charge on any atom is 0.230 e. The van der Waals surface area contributed by atoms with E-state index >= 15 is 0 Å². The average molecular weight is 224 g/mol. The maximum atomic E-state index is 5.89. The standard InChI is InChI=1S/C11H20N4O/c1-8-13-14-11(16-8)7-15(2)10-5-3-9(12)4-6-10/h9-10H,3-7,12H2,1-2H3. The van der Waals surface area contributed by atoms with Crippen LogP contribution in [0.4, 0.5) is 0 Å². The quantitative estimate of drug-likeness (QED) is 0.832. The summed E-state index contributed by atoms with van der Waals surface area (Å²) < 4.78 is 5.38. The smallest absolute Gasteiger partial charge is 0.230 e. The molecule has 5 nitrogen and oxygen atoms in total. The molecule has 5 heteroatoms. The van der Waals surface area contributed by atoms with Gasteiger partial charge in [-0.3, -0.25) is 4.90 Å². The van der Waals surface area contributed by atoms with Crippen molar-refractivity contribution in [3.8, 4) is 0 Å². The molecule has 0 spiro atoms. The van der Waals surface area contributed by atoms with Gasteiger partial charge in [0, 0.05) is 19.0 Å². The summed E-state index contributed by atoms with van der Waals surface area (Å²) in [6.07, 6.45) is 4.59. The van der Waals surface area contributed by atoms with Crippen LogP contribution < -0.4 is 5.73 Å². The number of rotatable bonds is 3. The van der Waals surface area contributed by atoms with Crippen LogP contribution in [0.5, 0.6) is 0 Å². The first-order valence-corrected chi connectivity index (χ1v) is 5.90. The SMILES string of the molecule is Cc1nnc(CN(C)C2CCC(N)CC2)o1. The zero-order chi connectivity index (χ0) is 11.5. The van der Waals surface area contributed by atoms with E-state index in [4.69, 9.17) is 10.2 Å². The van der Waals surface area contributed by atoms with E-state index in [2.05, 4.69) is 22.1 Å². The van der Waals surface area contributed by atoms with Crippen LogP contribution in [0, 0.1) is 6.92 Å². The number of nitrogens with zero attached hydrogens (tertiary/aromatic N) is 3. The second-order valence-corrected chi connectivity index (χ2v) is 4.70. The third kappa shape index (κ3) is 2.80. The highest BCUT2D eigenvalue weighted by Crippen LogP contribution is 2.22. The molecule has 2 N–H and O–H groups in total. The zero-order valence-corrected chi connectivity index (χ0v) is 10.0. The topological polar surface area (TPSA) is 68.2 Å². The Balaban J connectivity index is 1.85. The van der Waals surface area contributed by atoms with Crippen molar-refractivity contribution < 1.29 is 4.42 Å². The van der Waals surface area contributed by atoms with Gasteiger partial charge in [0.1, 0.15) is 0 Å². The molecule has 0 bridgehead atoms. The zero-order valence-electron chi connectivity index (χ0n) is 10.0. The van der Waals surface area contributed by atoms with Crippen molar-refractivity contribution in [2.75, 3.05) is 7.05 Å². The molecule has 1 heterocycles. The Morgan fingerprint density at radius 1 is 1.31 bits per heavy atom. The van der Waals surface area contributed by atoms with E-state index in [0.717, 1.165) is 19.4 Å². The van der Waals surface area contributed by atoms with E-state index in [1.807, 2.05) is 6.92 Å². The molecule has 1 aliphatic carbocycles. The van der Waals surface area contributed by atoms with Crippen LogP contribution in [0.3, 0.4) is 0 Å². The van der Waals surface area contributed by atoms with Gasteiger partial charge < -0.3 is 10.2 Å². The Morgan fingerprint density at radius 2 is 2.00 bits per heavy atom. The summed E-state index contributed by atoms with van der Waals surface area (Å²) in [7, 11) is 2.11. The number of aromatic nitrogens is 2. The lowest BCUT2D eigenvalue weighted by atomic mass is 9.91. The highest BCUT2D eigenvalue weighted by Gasteiger charge is 2.22. The summed E-state index contributed by atoms with van der Waals surface area (Å²) in [4.78, 5) is 2.29. The molecule has 0 aromatic carbocycles. The average Bonchev–Trinajstić information content (AvgIpc) is 2.65. The lowest BCUT2D eigenvalue weighted by Crippen LogP contribution is -2.38. The Bertz CT molecular complexity index is 330. The summed E-state index contributed by atoms with van der Waals surface area (Å²) >= 11 is 0. The van der Waals surface area contributed by atoms with Gasteiger partial charge in [0.05, 0.1) is 6.54 Å². The molecular formula is C11H20N4O. The lowest BCUT2D eigenvalue weighted by Gasteiger charge is -2.32. The van der Waals surface area contributed by atoms with Crippen molar-refractivity contribution in [1.29, 1.82) is 0 Å². The van der Waals surface area contributed by atoms with Crippen LogP contribution in [-0.4, -0.2) is 34.2 Å². The van der Waals surface area contributed by atoms with Crippen molar-refractivity contribution in [2.45, 2.75) is 51.2 Å². The minimum absolute atomic E-state index is 0.398. The molecular weight excluding hydrogens is 204 g/mol. The van der Waals surface area contributed by atoms with Crippen LogP contribution >= 0.6 is 0 Å². The van der Waals surface area contributed by atoms with E-state index < -0.39 is 0 Å². The Labute approximate surface area is 96.0 Å². The molecule has 1 saturated carbocycles. The first kappa shape index (κ1) is 11.5. The Hall–Kier alpha value is -0.940. The molecule has 1 aromatic rings. The molecule has 0 atom stereocenters. The molecule has 1 aromatic heterocycles. The number of hydrogen-bond acceptors (Lipinski definition) is 5. The van der Waals surface area contributed by atoms with Gasteiger partial charge in [-0.25, -0.2) is 0 Å². The van der Waals surface area contributed by atoms with Crippen molar-refractivity contribution in [2.24, 2.45) is 5.73 Å². The molecule has 90 valence electrons. The van der Waals surface area contributed by atoms with Crippen molar-refractivity contribution in [1.82, 2.24) is 15.1 Å². The van der Waals surface area contributed by atoms with Crippen molar-refractivity contribution in [3.63, 3.8) is 0 Å².